The minimum atomic E-state index is -3.84. The molecule has 2 rings (SSSR count). The van der Waals surface area contributed by atoms with E-state index < -0.39 is 10.0 Å². The van der Waals surface area contributed by atoms with Gasteiger partial charge in [-0.2, -0.15) is 0 Å². The van der Waals surface area contributed by atoms with E-state index in [1.807, 2.05) is 19.9 Å². The second-order valence-corrected chi connectivity index (χ2v) is 9.56. The molecule has 0 aliphatic rings. The largest absolute Gasteiger partial charge is 0.496 e. The molecule has 0 radical (unpaired) electrons. The molecule has 168 valence electrons. The highest BCUT2D eigenvalue weighted by molar-refractivity contribution is 7.91. The van der Waals surface area contributed by atoms with E-state index in [0.29, 0.717) is 34.9 Å². The lowest BCUT2D eigenvalue weighted by Crippen LogP contribution is -2.37. The number of benzene rings is 2. The van der Waals surface area contributed by atoms with Crippen molar-refractivity contribution in [3.05, 3.63) is 58.1 Å². The van der Waals surface area contributed by atoms with E-state index in [0.717, 1.165) is 5.56 Å². The van der Waals surface area contributed by atoms with Crippen LogP contribution in [0.2, 0.25) is 5.02 Å². The zero-order valence-electron chi connectivity index (χ0n) is 17.8. The third-order valence-corrected chi connectivity index (χ3v) is 6.62. The van der Waals surface area contributed by atoms with Crippen LogP contribution in [0.25, 0.3) is 0 Å². The van der Waals surface area contributed by atoms with Gasteiger partial charge < -0.3 is 15.4 Å². The summed E-state index contributed by atoms with van der Waals surface area (Å²) in [6.07, 6.45) is 0.436. The monoisotopic (exact) mass is 483 g/mol. The molecule has 0 saturated carbocycles. The van der Waals surface area contributed by atoms with E-state index in [1.165, 1.54) is 13.2 Å². The fraction of sp³-hybridized carbons (Fsp3) is 0.333. The van der Waals surface area contributed by atoms with Crippen molar-refractivity contribution >= 4 is 44.9 Å². The molecule has 0 spiro atoms. The maximum Gasteiger partial charge on any atom is 0.263 e. The highest BCUT2D eigenvalue weighted by Gasteiger charge is 2.22. The van der Waals surface area contributed by atoms with Crippen LogP contribution in [0.4, 0.5) is 0 Å². The molecule has 1 amide bonds. The Balaban J connectivity index is 2.18. The molecule has 7 nitrogen and oxygen atoms in total. The summed E-state index contributed by atoms with van der Waals surface area (Å²) >= 11 is 10.9. The number of carbonyl (C=O) groups excluding carboxylic acids is 1. The standard InChI is InChI=1S/C21H26ClN3O4S2/c1-13(2)16-7-5-14(11-19(16)31(27,28)25-21(30)23-3)9-10-24-20(26)17-12-15(22)6-8-18(17)29-4/h5-8,11-13H,9-10H2,1-4H3,(H,24,26)(H2,23,25,30). The van der Waals surface area contributed by atoms with Gasteiger partial charge in [0.25, 0.3) is 15.9 Å². The van der Waals surface area contributed by atoms with Gasteiger partial charge in [0.15, 0.2) is 5.11 Å². The van der Waals surface area contributed by atoms with Gasteiger partial charge in [0.2, 0.25) is 0 Å². The summed E-state index contributed by atoms with van der Waals surface area (Å²) in [5, 5.41) is 5.86. The zero-order chi connectivity index (χ0) is 23.2. The van der Waals surface area contributed by atoms with Crippen LogP contribution in [0, 0.1) is 0 Å². The summed E-state index contributed by atoms with van der Waals surface area (Å²) in [5.74, 6) is 0.0916. The third kappa shape index (κ3) is 6.56. The van der Waals surface area contributed by atoms with Gasteiger partial charge in [-0.1, -0.05) is 37.6 Å². The van der Waals surface area contributed by atoms with Gasteiger partial charge in [0.1, 0.15) is 5.75 Å². The predicted molar refractivity (Wildman–Crippen MR) is 127 cm³/mol. The average Bonchev–Trinajstić information content (AvgIpc) is 2.73. The van der Waals surface area contributed by atoms with E-state index in [9.17, 15) is 13.2 Å². The third-order valence-electron chi connectivity index (χ3n) is 4.55. The predicted octanol–water partition coefficient (Wildman–Crippen LogP) is 3.23. The van der Waals surface area contributed by atoms with Gasteiger partial charge in [-0.25, -0.2) is 8.42 Å². The SMILES string of the molecule is CNC(=S)NS(=O)(=O)c1cc(CCNC(=O)c2cc(Cl)ccc2OC)ccc1C(C)C. The Morgan fingerprint density at radius 3 is 2.52 bits per heavy atom. The average molecular weight is 484 g/mol. The second kappa shape index (κ2) is 10.8. The number of rotatable bonds is 8. The Morgan fingerprint density at radius 2 is 1.90 bits per heavy atom. The summed E-state index contributed by atoms with van der Waals surface area (Å²) in [6, 6.07) is 10.1. The van der Waals surface area contributed by atoms with Crippen molar-refractivity contribution in [2.24, 2.45) is 0 Å². The summed E-state index contributed by atoms with van der Waals surface area (Å²) in [7, 11) is -0.818. The van der Waals surface area contributed by atoms with Crippen LogP contribution in [0.15, 0.2) is 41.3 Å². The number of amides is 1. The maximum atomic E-state index is 12.8. The highest BCUT2D eigenvalue weighted by atomic mass is 35.5. The second-order valence-electron chi connectivity index (χ2n) is 7.06. The molecule has 0 heterocycles. The first-order chi connectivity index (χ1) is 14.6. The van der Waals surface area contributed by atoms with Gasteiger partial charge in [0, 0.05) is 18.6 Å². The fourth-order valence-corrected chi connectivity index (χ4v) is 4.82. The van der Waals surface area contributed by atoms with Crippen molar-refractivity contribution < 1.29 is 17.9 Å². The number of carbonyl (C=O) groups is 1. The smallest absolute Gasteiger partial charge is 0.263 e. The first-order valence-electron chi connectivity index (χ1n) is 9.58. The molecule has 0 bridgehead atoms. The van der Waals surface area contributed by atoms with Gasteiger partial charge >= 0.3 is 0 Å². The minimum Gasteiger partial charge on any atom is -0.496 e. The van der Waals surface area contributed by atoms with Crippen molar-refractivity contribution in [2.45, 2.75) is 31.1 Å². The molecule has 3 N–H and O–H groups in total. The molecule has 0 atom stereocenters. The van der Waals surface area contributed by atoms with Crippen LogP contribution in [-0.4, -0.2) is 40.1 Å². The number of hydrogen-bond acceptors (Lipinski definition) is 5. The molecule has 31 heavy (non-hydrogen) atoms. The van der Waals surface area contributed by atoms with Crippen LogP contribution >= 0.6 is 23.8 Å². The molecule has 2 aromatic rings. The van der Waals surface area contributed by atoms with E-state index in [1.54, 1.807) is 31.3 Å². The van der Waals surface area contributed by atoms with Crippen molar-refractivity contribution in [3.63, 3.8) is 0 Å². The number of halogens is 1. The van der Waals surface area contributed by atoms with Gasteiger partial charge in [-0.15, -0.1) is 0 Å². The van der Waals surface area contributed by atoms with Crippen LogP contribution in [0.1, 0.15) is 41.3 Å². The van der Waals surface area contributed by atoms with E-state index >= 15 is 0 Å². The first kappa shape index (κ1) is 24.9. The van der Waals surface area contributed by atoms with Gasteiger partial charge in [-0.05, 0) is 59.9 Å². The lowest BCUT2D eigenvalue weighted by molar-refractivity contribution is 0.0951. The Bertz CT molecular complexity index is 1070. The lowest BCUT2D eigenvalue weighted by Gasteiger charge is -2.16. The van der Waals surface area contributed by atoms with Crippen LogP contribution in [0.3, 0.4) is 0 Å². The molecule has 2 aromatic carbocycles. The number of methoxy groups -OCH3 is 1. The lowest BCUT2D eigenvalue weighted by atomic mass is 10.0. The quantitative estimate of drug-likeness (QED) is 0.499. The van der Waals surface area contributed by atoms with Crippen molar-refractivity contribution in [1.82, 2.24) is 15.4 Å². The van der Waals surface area contributed by atoms with Crippen LogP contribution in [-0.2, 0) is 16.4 Å². The zero-order valence-corrected chi connectivity index (χ0v) is 20.2. The molecule has 0 aliphatic carbocycles. The normalized spacial score (nSPS) is 11.2. The number of nitrogens with one attached hydrogen (secondary N) is 3. The molecular weight excluding hydrogens is 458 g/mol. The van der Waals surface area contributed by atoms with Crippen LogP contribution < -0.4 is 20.1 Å². The number of ether oxygens (including phenoxy) is 1. The molecule has 10 heteroatoms. The summed E-state index contributed by atoms with van der Waals surface area (Å²) < 4.78 is 33.2. The Hall–Kier alpha value is -2.36. The molecule has 0 unspecified atom stereocenters. The number of sulfonamides is 1. The van der Waals surface area contributed by atoms with E-state index in [-0.39, 0.29) is 21.8 Å². The molecule has 0 aliphatic heterocycles. The topological polar surface area (TPSA) is 96.5 Å². The van der Waals surface area contributed by atoms with Crippen molar-refractivity contribution in [2.75, 3.05) is 20.7 Å². The highest BCUT2D eigenvalue weighted by Crippen LogP contribution is 2.25. The fourth-order valence-electron chi connectivity index (χ4n) is 2.95. The molecule has 0 saturated heterocycles. The number of hydrogen-bond donors (Lipinski definition) is 3. The van der Waals surface area contributed by atoms with Crippen molar-refractivity contribution in [3.8, 4) is 5.75 Å². The maximum absolute atomic E-state index is 12.8. The Morgan fingerprint density at radius 1 is 1.19 bits per heavy atom. The molecule has 0 fully saturated rings. The Labute approximate surface area is 193 Å². The van der Waals surface area contributed by atoms with E-state index in [4.69, 9.17) is 28.6 Å². The summed E-state index contributed by atoms with van der Waals surface area (Å²) in [5.41, 5.74) is 1.78. The minimum absolute atomic E-state index is 0.00113. The number of thiocarbonyl (C=S) groups is 1. The summed E-state index contributed by atoms with van der Waals surface area (Å²) in [6.45, 7) is 4.14. The molecule has 0 aromatic heterocycles. The van der Waals surface area contributed by atoms with E-state index in [2.05, 4.69) is 15.4 Å². The van der Waals surface area contributed by atoms with Gasteiger partial charge in [-0.3, -0.25) is 9.52 Å². The Kier molecular flexibility index (Phi) is 8.67. The van der Waals surface area contributed by atoms with Crippen LogP contribution in [0.5, 0.6) is 5.75 Å². The summed E-state index contributed by atoms with van der Waals surface area (Å²) in [4.78, 5) is 12.7. The van der Waals surface area contributed by atoms with Gasteiger partial charge in [0.05, 0.1) is 17.6 Å². The van der Waals surface area contributed by atoms with Crippen molar-refractivity contribution in [1.29, 1.82) is 0 Å². The molecular formula is C21H26ClN3O4S2. The first-order valence-corrected chi connectivity index (χ1v) is 11.8.